The average molecular weight is 340 g/mol. The molecule has 0 aromatic heterocycles. The van der Waals surface area contributed by atoms with Crippen molar-refractivity contribution in [2.45, 2.75) is 6.92 Å². The minimum atomic E-state index is -0.666. The van der Waals surface area contributed by atoms with Crippen LogP contribution in [0.3, 0.4) is 0 Å². The molecule has 1 heterocycles. The maximum atomic E-state index is 12.5. The van der Waals surface area contributed by atoms with E-state index in [0.717, 1.165) is 0 Å². The molecule has 1 aliphatic heterocycles. The van der Waals surface area contributed by atoms with Crippen LogP contribution in [0.15, 0.2) is 23.4 Å². The fraction of sp³-hybridized carbons (Fsp3) is 0.294. The third-order valence-corrected chi connectivity index (χ3v) is 3.79. The number of esters is 1. The number of methoxy groups -OCH3 is 1. The summed E-state index contributed by atoms with van der Waals surface area (Å²) in [7, 11) is 1.21. The van der Waals surface area contributed by atoms with Gasteiger partial charge in [-0.3, -0.25) is 4.79 Å². The van der Waals surface area contributed by atoms with E-state index in [1.165, 1.54) is 18.1 Å². The van der Waals surface area contributed by atoms with Gasteiger partial charge in [-0.2, -0.15) is 10.5 Å². The number of nitrogens with one attached hydrogen (secondary N) is 1. The normalized spacial score (nSPS) is 13.5. The second-order valence-corrected chi connectivity index (χ2v) is 5.36. The number of anilines is 1. The van der Waals surface area contributed by atoms with Gasteiger partial charge < -0.3 is 20.1 Å². The Morgan fingerprint density at radius 3 is 2.68 bits per heavy atom. The molecule has 128 valence electrons. The maximum Gasteiger partial charge on any atom is 0.337 e. The van der Waals surface area contributed by atoms with Gasteiger partial charge in [-0.25, -0.2) is 4.79 Å². The zero-order chi connectivity index (χ0) is 18.6. The smallest absolute Gasteiger partial charge is 0.337 e. The van der Waals surface area contributed by atoms with Crippen LogP contribution in [-0.4, -0.2) is 48.7 Å². The topological polar surface area (TPSA) is 126 Å². The van der Waals surface area contributed by atoms with Crippen molar-refractivity contribution in [3.63, 3.8) is 0 Å². The van der Waals surface area contributed by atoms with Gasteiger partial charge in [0.15, 0.2) is 0 Å². The highest BCUT2D eigenvalue weighted by Gasteiger charge is 2.35. The zero-order valence-electron chi connectivity index (χ0n) is 13.8. The molecule has 0 atom stereocenters. The molecular formula is C17H16N4O4. The van der Waals surface area contributed by atoms with E-state index in [9.17, 15) is 14.9 Å². The van der Waals surface area contributed by atoms with Crippen molar-refractivity contribution in [2.24, 2.45) is 0 Å². The summed E-state index contributed by atoms with van der Waals surface area (Å²) >= 11 is 0. The summed E-state index contributed by atoms with van der Waals surface area (Å²) < 4.78 is 4.71. The SMILES string of the molecule is COC(=O)C1=C(Nc2c(C)cc(C#N)cc2C#N)C(=O)N(CCO)C1. The Morgan fingerprint density at radius 2 is 2.12 bits per heavy atom. The molecular weight excluding hydrogens is 324 g/mol. The molecule has 2 N–H and O–H groups in total. The predicted molar refractivity (Wildman–Crippen MR) is 86.9 cm³/mol. The molecule has 0 bridgehead atoms. The van der Waals surface area contributed by atoms with Gasteiger partial charge in [-0.05, 0) is 24.6 Å². The van der Waals surface area contributed by atoms with Crippen LogP contribution >= 0.6 is 0 Å². The van der Waals surface area contributed by atoms with E-state index in [1.807, 2.05) is 12.1 Å². The van der Waals surface area contributed by atoms with Crippen molar-refractivity contribution in [1.29, 1.82) is 10.5 Å². The summed E-state index contributed by atoms with van der Waals surface area (Å²) in [5, 5.41) is 30.3. The van der Waals surface area contributed by atoms with Gasteiger partial charge in [0.25, 0.3) is 5.91 Å². The van der Waals surface area contributed by atoms with Gasteiger partial charge >= 0.3 is 5.97 Å². The third-order valence-electron chi connectivity index (χ3n) is 3.79. The average Bonchev–Trinajstić information content (AvgIpc) is 2.92. The summed E-state index contributed by atoms with van der Waals surface area (Å²) in [6.45, 7) is 1.52. The van der Waals surface area contributed by atoms with E-state index < -0.39 is 11.9 Å². The first-order valence-electron chi connectivity index (χ1n) is 7.40. The van der Waals surface area contributed by atoms with Crippen LogP contribution in [0.1, 0.15) is 16.7 Å². The van der Waals surface area contributed by atoms with Crippen LogP contribution in [0.5, 0.6) is 0 Å². The molecule has 0 spiro atoms. The Kier molecular flexibility index (Phi) is 5.38. The zero-order valence-corrected chi connectivity index (χ0v) is 13.8. The molecule has 0 unspecified atom stereocenters. The summed E-state index contributed by atoms with van der Waals surface area (Å²) in [5.74, 6) is -1.14. The van der Waals surface area contributed by atoms with Crippen molar-refractivity contribution in [3.05, 3.63) is 40.1 Å². The Morgan fingerprint density at radius 1 is 1.40 bits per heavy atom. The molecule has 1 amide bonds. The minimum absolute atomic E-state index is 0.00427. The van der Waals surface area contributed by atoms with Gasteiger partial charge in [0, 0.05) is 6.54 Å². The lowest BCUT2D eigenvalue weighted by molar-refractivity contribution is -0.136. The number of hydrogen-bond donors (Lipinski definition) is 2. The first-order chi connectivity index (χ1) is 12.0. The van der Waals surface area contributed by atoms with Crippen molar-refractivity contribution < 1.29 is 19.4 Å². The van der Waals surface area contributed by atoms with Gasteiger partial charge in [-0.15, -0.1) is 0 Å². The molecule has 8 nitrogen and oxygen atoms in total. The first kappa shape index (κ1) is 18.0. The van der Waals surface area contributed by atoms with Crippen molar-refractivity contribution >= 4 is 17.6 Å². The summed E-state index contributed by atoms with van der Waals surface area (Å²) in [5.41, 5.74) is 1.55. The molecule has 0 radical (unpaired) electrons. The quantitative estimate of drug-likeness (QED) is 0.743. The van der Waals surface area contributed by atoms with Crippen LogP contribution < -0.4 is 5.32 Å². The van der Waals surface area contributed by atoms with E-state index >= 15 is 0 Å². The number of hydrogen-bond acceptors (Lipinski definition) is 7. The number of carbonyl (C=O) groups excluding carboxylic acids is 2. The fourth-order valence-electron chi connectivity index (χ4n) is 2.58. The van der Waals surface area contributed by atoms with Crippen LogP contribution in [0, 0.1) is 29.6 Å². The number of aryl methyl sites for hydroxylation is 1. The molecule has 1 aromatic carbocycles. The molecule has 0 fully saturated rings. The van der Waals surface area contributed by atoms with E-state index in [2.05, 4.69) is 5.32 Å². The largest absolute Gasteiger partial charge is 0.466 e. The molecule has 0 aliphatic carbocycles. The predicted octanol–water partition coefficient (Wildman–Crippen LogP) is 0.412. The molecule has 0 saturated heterocycles. The van der Waals surface area contributed by atoms with Crippen LogP contribution in [0.25, 0.3) is 0 Å². The van der Waals surface area contributed by atoms with E-state index in [-0.39, 0.29) is 36.5 Å². The molecule has 1 aromatic rings. The monoisotopic (exact) mass is 340 g/mol. The lowest BCUT2D eigenvalue weighted by Gasteiger charge is -2.16. The van der Waals surface area contributed by atoms with Crippen LogP contribution in [0.4, 0.5) is 5.69 Å². The van der Waals surface area contributed by atoms with E-state index in [4.69, 9.17) is 15.1 Å². The van der Waals surface area contributed by atoms with Gasteiger partial charge in [0.1, 0.15) is 11.8 Å². The Balaban J connectivity index is 2.49. The third kappa shape index (κ3) is 3.44. The second-order valence-electron chi connectivity index (χ2n) is 5.36. The fourth-order valence-corrected chi connectivity index (χ4v) is 2.58. The minimum Gasteiger partial charge on any atom is -0.466 e. The lowest BCUT2D eigenvalue weighted by Crippen LogP contribution is -2.31. The molecule has 25 heavy (non-hydrogen) atoms. The number of carbonyl (C=O) groups is 2. The number of amides is 1. The number of rotatable bonds is 5. The Bertz CT molecular complexity index is 845. The highest BCUT2D eigenvalue weighted by Crippen LogP contribution is 2.28. The van der Waals surface area contributed by atoms with E-state index in [1.54, 1.807) is 13.0 Å². The number of β-amino-alcohol motifs (C(OH)–C–C–N with tert-alkyl or cyclic N) is 1. The standard InChI is InChI=1S/C17H16N4O4/c1-10-5-11(7-18)6-12(8-19)14(10)20-15-13(17(24)25-2)9-21(3-4-22)16(15)23/h5-6,20,22H,3-4,9H2,1-2H3. The number of aliphatic hydroxyl groups is 1. The highest BCUT2D eigenvalue weighted by molar-refractivity contribution is 6.08. The first-order valence-corrected chi connectivity index (χ1v) is 7.40. The summed E-state index contributed by atoms with van der Waals surface area (Å²) in [4.78, 5) is 25.8. The highest BCUT2D eigenvalue weighted by atomic mass is 16.5. The summed E-state index contributed by atoms with van der Waals surface area (Å²) in [6.07, 6.45) is 0. The number of aliphatic hydroxyl groups excluding tert-OH is 1. The van der Waals surface area contributed by atoms with Crippen LogP contribution in [0.2, 0.25) is 0 Å². The summed E-state index contributed by atoms with van der Waals surface area (Å²) in [6, 6.07) is 6.92. The van der Waals surface area contributed by atoms with Crippen LogP contribution in [-0.2, 0) is 14.3 Å². The number of nitriles is 2. The van der Waals surface area contributed by atoms with Crippen molar-refractivity contribution in [2.75, 3.05) is 32.1 Å². The van der Waals surface area contributed by atoms with Gasteiger partial charge in [-0.1, -0.05) is 0 Å². The Hall–Kier alpha value is -3.36. The molecule has 2 rings (SSSR count). The van der Waals surface area contributed by atoms with Gasteiger partial charge in [0.05, 0.1) is 48.7 Å². The van der Waals surface area contributed by atoms with Gasteiger partial charge in [0.2, 0.25) is 0 Å². The second kappa shape index (κ2) is 7.47. The molecule has 0 saturated carbocycles. The van der Waals surface area contributed by atoms with Crippen molar-refractivity contribution in [1.82, 2.24) is 4.90 Å². The number of benzene rings is 1. The Labute approximate surface area is 144 Å². The van der Waals surface area contributed by atoms with E-state index in [0.29, 0.717) is 16.8 Å². The lowest BCUT2D eigenvalue weighted by atomic mass is 10.0. The van der Waals surface area contributed by atoms with Crippen molar-refractivity contribution in [3.8, 4) is 12.1 Å². The molecule has 8 heteroatoms. The molecule has 1 aliphatic rings. The number of nitrogens with zero attached hydrogens (tertiary/aromatic N) is 3. The maximum absolute atomic E-state index is 12.5. The number of ether oxygens (including phenoxy) is 1.